The highest BCUT2D eigenvalue weighted by Gasteiger charge is 2.01. The van der Waals surface area contributed by atoms with Crippen molar-refractivity contribution in [2.45, 2.75) is 0 Å². The Balaban J connectivity index is 2.95. The molecule has 2 rings (SSSR count). The average Bonchev–Trinajstić information content (AvgIpc) is 2.36. The van der Waals surface area contributed by atoms with Crippen molar-refractivity contribution < 1.29 is 4.42 Å². The minimum atomic E-state index is 0.564. The van der Waals surface area contributed by atoms with E-state index in [2.05, 4.69) is 25.9 Å². The summed E-state index contributed by atoms with van der Waals surface area (Å²) in [5.74, 6) is 0. The van der Waals surface area contributed by atoms with Gasteiger partial charge in [0, 0.05) is 6.20 Å². The quantitative estimate of drug-likeness (QED) is 0.651. The Bertz CT molecular complexity index is 357. The van der Waals surface area contributed by atoms with Crippen molar-refractivity contribution in [1.29, 1.82) is 0 Å². The standard InChI is InChI=1S/C6H3BrN2O/c7-4-1-2-8-6-5(4)9-3-10-6/h1-3H. The van der Waals surface area contributed by atoms with E-state index in [9.17, 15) is 0 Å². The molecule has 0 N–H and O–H groups in total. The molecule has 2 aromatic rings. The second kappa shape index (κ2) is 2.05. The molecule has 0 aliphatic carbocycles. The molecule has 0 radical (unpaired) electrons. The van der Waals surface area contributed by atoms with E-state index in [4.69, 9.17) is 4.42 Å². The molecule has 0 fully saturated rings. The summed E-state index contributed by atoms with van der Waals surface area (Å²) in [4.78, 5) is 7.89. The van der Waals surface area contributed by atoms with Gasteiger partial charge in [-0.3, -0.25) is 0 Å². The first-order valence-corrected chi connectivity index (χ1v) is 3.51. The summed E-state index contributed by atoms with van der Waals surface area (Å²) in [6.07, 6.45) is 3.04. The molecule has 4 heteroatoms. The summed E-state index contributed by atoms with van der Waals surface area (Å²) in [5, 5.41) is 0. The first-order chi connectivity index (χ1) is 4.88. The summed E-state index contributed by atoms with van der Waals surface area (Å²) < 4.78 is 5.86. The van der Waals surface area contributed by atoms with Crippen molar-refractivity contribution in [3.63, 3.8) is 0 Å². The van der Waals surface area contributed by atoms with Crippen LogP contribution in [0, 0.1) is 0 Å². The smallest absolute Gasteiger partial charge is 0.247 e. The van der Waals surface area contributed by atoms with Crippen LogP contribution in [-0.4, -0.2) is 9.97 Å². The number of aromatic nitrogens is 2. The number of hydrogen-bond donors (Lipinski definition) is 0. The summed E-state index contributed by atoms with van der Waals surface area (Å²) in [7, 11) is 0. The van der Waals surface area contributed by atoms with Gasteiger partial charge in [-0.15, -0.1) is 0 Å². The molecule has 2 heterocycles. The molecular weight excluding hydrogens is 196 g/mol. The lowest BCUT2D eigenvalue weighted by molar-refractivity contribution is 0.590. The average molecular weight is 199 g/mol. The third-order valence-corrected chi connectivity index (χ3v) is 1.83. The number of hydrogen-bond acceptors (Lipinski definition) is 3. The molecule has 0 aromatic carbocycles. The van der Waals surface area contributed by atoms with Crippen LogP contribution in [0.15, 0.2) is 27.5 Å². The second-order valence-corrected chi connectivity index (χ2v) is 2.65. The molecule has 0 saturated carbocycles. The van der Waals surface area contributed by atoms with Crippen LogP contribution in [0.4, 0.5) is 0 Å². The third-order valence-electron chi connectivity index (χ3n) is 1.19. The molecule has 10 heavy (non-hydrogen) atoms. The molecular formula is C6H3BrN2O. The minimum Gasteiger partial charge on any atom is -0.425 e. The molecule has 0 aliphatic heterocycles. The Kier molecular flexibility index (Phi) is 1.20. The van der Waals surface area contributed by atoms with Gasteiger partial charge in [-0.2, -0.15) is 0 Å². The molecule has 50 valence electrons. The molecule has 0 unspecified atom stereocenters. The zero-order valence-corrected chi connectivity index (χ0v) is 6.50. The molecule has 2 aromatic heterocycles. The topological polar surface area (TPSA) is 38.9 Å². The number of nitrogens with zero attached hydrogens (tertiary/aromatic N) is 2. The first kappa shape index (κ1) is 5.85. The lowest BCUT2D eigenvalue weighted by Crippen LogP contribution is -1.73. The van der Waals surface area contributed by atoms with Gasteiger partial charge < -0.3 is 4.42 Å². The van der Waals surface area contributed by atoms with Gasteiger partial charge in [0.2, 0.25) is 5.71 Å². The van der Waals surface area contributed by atoms with Gasteiger partial charge in [-0.1, -0.05) is 0 Å². The molecule has 0 spiro atoms. The van der Waals surface area contributed by atoms with E-state index in [0.717, 1.165) is 9.99 Å². The summed E-state index contributed by atoms with van der Waals surface area (Å²) >= 11 is 3.31. The van der Waals surface area contributed by atoms with Gasteiger partial charge in [0.1, 0.15) is 5.52 Å². The van der Waals surface area contributed by atoms with Crippen LogP contribution in [0.25, 0.3) is 11.2 Å². The highest BCUT2D eigenvalue weighted by Crippen LogP contribution is 2.19. The monoisotopic (exact) mass is 198 g/mol. The van der Waals surface area contributed by atoms with Crippen LogP contribution in [0.1, 0.15) is 0 Å². The highest BCUT2D eigenvalue weighted by atomic mass is 79.9. The summed E-state index contributed by atoms with van der Waals surface area (Å²) in [6.45, 7) is 0. The minimum absolute atomic E-state index is 0.564. The van der Waals surface area contributed by atoms with Gasteiger partial charge in [-0.25, -0.2) is 9.97 Å². The van der Waals surface area contributed by atoms with Crippen LogP contribution in [-0.2, 0) is 0 Å². The maximum absolute atomic E-state index is 4.95. The maximum Gasteiger partial charge on any atom is 0.247 e. The Morgan fingerprint density at radius 2 is 2.30 bits per heavy atom. The molecule has 0 amide bonds. The number of rotatable bonds is 0. The van der Waals surface area contributed by atoms with Crippen molar-refractivity contribution in [1.82, 2.24) is 9.97 Å². The van der Waals surface area contributed by atoms with E-state index in [1.165, 1.54) is 6.39 Å². The maximum atomic E-state index is 4.95. The number of halogens is 1. The number of oxazole rings is 1. The number of fused-ring (bicyclic) bond motifs is 1. The van der Waals surface area contributed by atoms with Crippen molar-refractivity contribution in [2.75, 3.05) is 0 Å². The lowest BCUT2D eigenvalue weighted by Gasteiger charge is -1.86. The van der Waals surface area contributed by atoms with Crippen molar-refractivity contribution in [2.24, 2.45) is 0 Å². The van der Waals surface area contributed by atoms with Gasteiger partial charge in [-0.05, 0) is 22.0 Å². The van der Waals surface area contributed by atoms with Crippen LogP contribution in [0.3, 0.4) is 0 Å². The fraction of sp³-hybridized carbons (Fsp3) is 0. The number of pyridine rings is 1. The zero-order chi connectivity index (χ0) is 6.97. The van der Waals surface area contributed by atoms with E-state index in [0.29, 0.717) is 5.71 Å². The van der Waals surface area contributed by atoms with Crippen LogP contribution >= 0.6 is 15.9 Å². The fourth-order valence-corrected chi connectivity index (χ4v) is 1.13. The lowest BCUT2D eigenvalue weighted by atomic mass is 10.4. The van der Waals surface area contributed by atoms with Gasteiger partial charge >= 0.3 is 0 Å². The molecule has 0 saturated heterocycles. The molecule has 0 atom stereocenters. The molecule has 0 bridgehead atoms. The van der Waals surface area contributed by atoms with E-state index >= 15 is 0 Å². The van der Waals surface area contributed by atoms with Gasteiger partial charge in [0.15, 0.2) is 6.39 Å². The Hall–Kier alpha value is -0.900. The molecule has 0 aliphatic rings. The van der Waals surface area contributed by atoms with Crippen LogP contribution in [0.2, 0.25) is 0 Å². The van der Waals surface area contributed by atoms with Crippen molar-refractivity contribution >= 4 is 27.2 Å². The van der Waals surface area contributed by atoms with E-state index in [1.807, 2.05) is 6.07 Å². The normalized spacial score (nSPS) is 10.5. The Labute approximate surface area is 65.2 Å². The van der Waals surface area contributed by atoms with Gasteiger partial charge in [0.25, 0.3) is 0 Å². The van der Waals surface area contributed by atoms with Crippen molar-refractivity contribution in [3.8, 4) is 0 Å². The Morgan fingerprint density at radius 1 is 1.40 bits per heavy atom. The zero-order valence-electron chi connectivity index (χ0n) is 4.91. The molecule has 3 nitrogen and oxygen atoms in total. The van der Waals surface area contributed by atoms with E-state index in [1.54, 1.807) is 6.20 Å². The predicted octanol–water partition coefficient (Wildman–Crippen LogP) is 1.99. The summed E-state index contributed by atoms with van der Waals surface area (Å²) in [6, 6.07) is 1.82. The van der Waals surface area contributed by atoms with Crippen LogP contribution < -0.4 is 0 Å². The first-order valence-electron chi connectivity index (χ1n) is 2.71. The fourth-order valence-electron chi connectivity index (χ4n) is 0.745. The summed E-state index contributed by atoms with van der Waals surface area (Å²) in [5.41, 5.74) is 1.33. The SMILES string of the molecule is Brc1ccnc2ocnc12. The highest BCUT2D eigenvalue weighted by molar-refractivity contribution is 9.10. The van der Waals surface area contributed by atoms with E-state index in [-0.39, 0.29) is 0 Å². The third kappa shape index (κ3) is 0.724. The Morgan fingerprint density at radius 3 is 3.10 bits per heavy atom. The predicted molar refractivity (Wildman–Crippen MR) is 39.5 cm³/mol. The largest absolute Gasteiger partial charge is 0.425 e. The van der Waals surface area contributed by atoms with Crippen LogP contribution in [0.5, 0.6) is 0 Å². The van der Waals surface area contributed by atoms with Gasteiger partial charge in [0.05, 0.1) is 4.47 Å². The second-order valence-electron chi connectivity index (χ2n) is 1.80. The van der Waals surface area contributed by atoms with E-state index < -0.39 is 0 Å². The van der Waals surface area contributed by atoms with Crippen molar-refractivity contribution in [3.05, 3.63) is 23.1 Å².